The molecule has 144 valence electrons. The van der Waals surface area contributed by atoms with Gasteiger partial charge in [-0.1, -0.05) is 18.9 Å². The van der Waals surface area contributed by atoms with Crippen molar-refractivity contribution in [2.45, 2.75) is 44.9 Å². The third-order valence-electron chi connectivity index (χ3n) is 5.40. The minimum atomic E-state index is 0.0689. The van der Waals surface area contributed by atoms with Crippen molar-refractivity contribution in [1.29, 1.82) is 0 Å². The number of rotatable bonds is 6. The normalized spacial score (nSPS) is 20.3. The number of pyridine rings is 1. The van der Waals surface area contributed by atoms with Crippen LogP contribution in [0, 0.1) is 5.92 Å². The van der Waals surface area contributed by atoms with E-state index in [-0.39, 0.29) is 24.5 Å². The molecule has 7 heteroatoms. The zero-order valence-corrected chi connectivity index (χ0v) is 15.6. The molecule has 4 rings (SSSR count). The van der Waals surface area contributed by atoms with Crippen LogP contribution in [0.4, 0.5) is 5.82 Å². The Morgan fingerprint density at radius 1 is 1.19 bits per heavy atom. The Morgan fingerprint density at radius 2 is 2.07 bits per heavy atom. The third-order valence-corrected chi connectivity index (χ3v) is 5.40. The molecule has 2 aromatic heterocycles. The molecule has 0 aromatic carbocycles. The molecule has 1 saturated carbocycles. The van der Waals surface area contributed by atoms with Crippen molar-refractivity contribution in [1.82, 2.24) is 19.7 Å². The first kappa shape index (κ1) is 18.0. The topological polar surface area (TPSA) is 72.3 Å². The van der Waals surface area contributed by atoms with E-state index in [4.69, 9.17) is 4.74 Å². The lowest BCUT2D eigenvalue weighted by Crippen LogP contribution is -2.38. The van der Waals surface area contributed by atoms with Crippen LogP contribution in [-0.2, 0) is 22.6 Å². The number of fused-ring (bicyclic) bond motifs is 1. The van der Waals surface area contributed by atoms with Gasteiger partial charge in [-0.05, 0) is 31.0 Å². The summed E-state index contributed by atoms with van der Waals surface area (Å²) < 4.78 is 7.86. The van der Waals surface area contributed by atoms with Crippen molar-refractivity contribution in [2.75, 3.05) is 25.0 Å². The summed E-state index contributed by atoms with van der Waals surface area (Å²) >= 11 is 0. The second kappa shape index (κ2) is 8.52. The molecule has 1 aliphatic heterocycles. The summed E-state index contributed by atoms with van der Waals surface area (Å²) in [5, 5.41) is 7.81. The first-order chi connectivity index (χ1) is 13.3. The molecular formula is C20H27N5O2. The van der Waals surface area contributed by atoms with Gasteiger partial charge < -0.3 is 15.0 Å². The highest BCUT2D eigenvalue weighted by atomic mass is 16.5. The van der Waals surface area contributed by atoms with Gasteiger partial charge in [0, 0.05) is 37.9 Å². The number of anilines is 1. The Morgan fingerprint density at radius 3 is 2.89 bits per heavy atom. The maximum Gasteiger partial charge on any atom is 0.248 e. The summed E-state index contributed by atoms with van der Waals surface area (Å²) in [6.45, 7) is 2.99. The van der Waals surface area contributed by atoms with Crippen LogP contribution < -0.4 is 5.32 Å². The van der Waals surface area contributed by atoms with Gasteiger partial charge >= 0.3 is 0 Å². The van der Waals surface area contributed by atoms with Gasteiger partial charge in [0.05, 0.1) is 18.3 Å². The second-order valence-corrected chi connectivity index (χ2v) is 7.46. The van der Waals surface area contributed by atoms with E-state index in [0.717, 1.165) is 37.4 Å². The molecule has 2 aromatic rings. The highest BCUT2D eigenvalue weighted by molar-refractivity contribution is 5.77. The average molecular weight is 369 g/mol. The van der Waals surface area contributed by atoms with E-state index in [2.05, 4.69) is 15.4 Å². The quantitative estimate of drug-likeness (QED) is 0.846. The van der Waals surface area contributed by atoms with Crippen LogP contribution >= 0.6 is 0 Å². The van der Waals surface area contributed by atoms with Crippen molar-refractivity contribution in [3.8, 4) is 0 Å². The largest absolute Gasteiger partial charge is 0.370 e. The number of aromatic nitrogens is 3. The van der Waals surface area contributed by atoms with Crippen LogP contribution in [0.1, 0.15) is 31.4 Å². The molecule has 2 aliphatic rings. The lowest BCUT2D eigenvalue weighted by Gasteiger charge is -2.25. The van der Waals surface area contributed by atoms with Gasteiger partial charge in [0.1, 0.15) is 12.4 Å². The number of amides is 1. The molecule has 1 unspecified atom stereocenters. The Kier molecular flexibility index (Phi) is 5.67. The van der Waals surface area contributed by atoms with Gasteiger partial charge in [-0.3, -0.25) is 9.48 Å². The average Bonchev–Trinajstić information content (AvgIpc) is 3.34. The fraction of sp³-hybridized carbons (Fsp3) is 0.550. The minimum absolute atomic E-state index is 0.0689. The lowest BCUT2D eigenvalue weighted by atomic mass is 10.1. The molecule has 1 aliphatic carbocycles. The zero-order chi connectivity index (χ0) is 18.5. The Bertz CT molecular complexity index is 742. The van der Waals surface area contributed by atoms with Crippen molar-refractivity contribution in [3.05, 3.63) is 42.4 Å². The number of hydrogen-bond donors (Lipinski definition) is 1. The summed E-state index contributed by atoms with van der Waals surface area (Å²) in [7, 11) is 0. The summed E-state index contributed by atoms with van der Waals surface area (Å²) in [5.74, 6) is 1.17. The van der Waals surface area contributed by atoms with Gasteiger partial charge in [-0.25, -0.2) is 4.98 Å². The highest BCUT2D eigenvalue weighted by Crippen LogP contribution is 2.21. The Balaban J connectivity index is 1.39. The van der Waals surface area contributed by atoms with Crippen LogP contribution in [-0.4, -0.2) is 51.4 Å². The lowest BCUT2D eigenvalue weighted by molar-refractivity contribution is -0.139. The summed E-state index contributed by atoms with van der Waals surface area (Å²) in [4.78, 5) is 19.0. The van der Waals surface area contributed by atoms with Gasteiger partial charge in [0.15, 0.2) is 0 Å². The monoisotopic (exact) mass is 369 g/mol. The van der Waals surface area contributed by atoms with Gasteiger partial charge in [0.25, 0.3) is 0 Å². The Labute approximate surface area is 159 Å². The molecule has 0 radical (unpaired) electrons. The number of carbonyl (C=O) groups excluding carboxylic acids is 1. The number of carbonyl (C=O) groups is 1. The fourth-order valence-corrected chi connectivity index (χ4v) is 3.90. The third kappa shape index (κ3) is 4.66. The van der Waals surface area contributed by atoms with E-state index in [9.17, 15) is 4.79 Å². The first-order valence-corrected chi connectivity index (χ1v) is 9.83. The molecule has 1 N–H and O–H groups in total. The Hall–Kier alpha value is -2.41. The van der Waals surface area contributed by atoms with E-state index in [1.165, 1.54) is 12.8 Å². The molecule has 0 spiro atoms. The summed E-state index contributed by atoms with van der Waals surface area (Å²) in [6.07, 6.45) is 8.42. The molecule has 0 bridgehead atoms. The molecule has 27 heavy (non-hydrogen) atoms. The van der Waals surface area contributed by atoms with Crippen LogP contribution in [0.3, 0.4) is 0 Å². The number of ether oxygens (including phenoxy) is 1. The van der Waals surface area contributed by atoms with Crippen molar-refractivity contribution in [2.24, 2.45) is 5.92 Å². The van der Waals surface area contributed by atoms with Crippen LogP contribution in [0.5, 0.6) is 0 Å². The summed E-state index contributed by atoms with van der Waals surface area (Å²) in [5.41, 5.74) is 1.07. The maximum absolute atomic E-state index is 12.8. The number of nitrogens with one attached hydrogen (secondary N) is 1. The second-order valence-electron chi connectivity index (χ2n) is 7.46. The van der Waals surface area contributed by atoms with Crippen LogP contribution in [0.15, 0.2) is 36.7 Å². The molecule has 0 saturated heterocycles. The van der Waals surface area contributed by atoms with Gasteiger partial charge in [-0.2, -0.15) is 5.10 Å². The molecule has 1 amide bonds. The number of hydrogen-bond acceptors (Lipinski definition) is 5. The predicted molar refractivity (Wildman–Crippen MR) is 102 cm³/mol. The van der Waals surface area contributed by atoms with Crippen LogP contribution in [0.25, 0.3) is 0 Å². The van der Waals surface area contributed by atoms with Crippen LogP contribution in [0.2, 0.25) is 0 Å². The van der Waals surface area contributed by atoms with E-state index in [1.54, 1.807) is 6.20 Å². The molecule has 7 nitrogen and oxygen atoms in total. The summed E-state index contributed by atoms with van der Waals surface area (Å²) in [6, 6.07) is 7.81. The fourth-order valence-electron chi connectivity index (χ4n) is 3.90. The smallest absolute Gasteiger partial charge is 0.248 e. The highest BCUT2D eigenvalue weighted by Gasteiger charge is 2.26. The maximum atomic E-state index is 12.8. The van der Waals surface area contributed by atoms with Gasteiger partial charge in [-0.15, -0.1) is 0 Å². The predicted octanol–water partition coefficient (Wildman–Crippen LogP) is 2.31. The van der Waals surface area contributed by atoms with E-state index < -0.39 is 0 Å². The first-order valence-electron chi connectivity index (χ1n) is 9.83. The zero-order valence-electron chi connectivity index (χ0n) is 15.6. The minimum Gasteiger partial charge on any atom is -0.370 e. The number of nitrogens with zero attached hydrogens (tertiary/aromatic N) is 4. The van der Waals surface area contributed by atoms with Crippen molar-refractivity contribution >= 4 is 11.7 Å². The standard InChI is InChI=1S/C20H27N5O2/c26-20(15-27-18-5-1-2-6-18)24-12-16(11-22-19-7-3-4-9-21-19)13-25-17(14-24)8-10-23-25/h3-4,7-10,16,18H,1-2,5-6,11-15H2,(H,21,22). The van der Waals surface area contributed by atoms with Crippen molar-refractivity contribution in [3.63, 3.8) is 0 Å². The molecular weight excluding hydrogens is 342 g/mol. The molecule has 1 fully saturated rings. The molecule has 1 atom stereocenters. The van der Waals surface area contributed by atoms with E-state index in [0.29, 0.717) is 13.1 Å². The van der Waals surface area contributed by atoms with E-state index >= 15 is 0 Å². The molecule has 3 heterocycles. The SMILES string of the molecule is O=C(COC1CCCC1)N1Cc2ccnn2CC(CNc2ccccn2)C1. The van der Waals surface area contributed by atoms with E-state index in [1.807, 2.05) is 40.0 Å². The van der Waals surface area contributed by atoms with Gasteiger partial charge in [0.2, 0.25) is 5.91 Å². The van der Waals surface area contributed by atoms with Crippen molar-refractivity contribution < 1.29 is 9.53 Å².